The molecule has 0 bridgehead atoms. The van der Waals surface area contributed by atoms with Gasteiger partial charge in [0.1, 0.15) is 12.5 Å². The van der Waals surface area contributed by atoms with Gasteiger partial charge in [-0.3, -0.25) is 14.4 Å². The van der Waals surface area contributed by atoms with Gasteiger partial charge >= 0.3 is 17.9 Å². The number of ether oxygens (including phenoxy) is 6. The molecule has 1 fully saturated rings. The van der Waals surface area contributed by atoms with Crippen LogP contribution in [0.4, 0.5) is 0 Å². The molecule has 1 aromatic heterocycles. The molecule has 4 atom stereocenters. The third kappa shape index (κ3) is 7.62. The summed E-state index contributed by atoms with van der Waals surface area (Å²) < 4.78 is 33.4. The molecule has 1 amide bonds. The Bertz CT molecular complexity index is 1360. The fourth-order valence-corrected chi connectivity index (χ4v) is 4.55. The largest absolute Gasteiger partial charge is 0.493 e. The molecule has 230 valence electrons. The van der Waals surface area contributed by atoms with Gasteiger partial charge in [0.15, 0.2) is 35.4 Å². The van der Waals surface area contributed by atoms with Gasteiger partial charge in [0.2, 0.25) is 6.79 Å². The molecule has 0 radical (unpaired) electrons. The van der Waals surface area contributed by atoms with Gasteiger partial charge in [-0.25, -0.2) is 9.78 Å². The molecule has 1 aromatic carbocycles. The van der Waals surface area contributed by atoms with E-state index in [1.54, 1.807) is 19.9 Å². The van der Waals surface area contributed by atoms with Crippen LogP contribution in [0.5, 0.6) is 11.5 Å². The van der Waals surface area contributed by atoms with Crippen molar-refractivity contribution in [2.75, 3.05) is 20.5 Å². The van der Waals surface area contributed by atoms with Gasteiger partial charge in [-0.2, -0.15) is 0 Å². The Morgan fingerprint density at radius 1 is 1.05 bits per heavy atom. The molecule has 2 aromatic rings. The molecule has 12 heteroatoms. The smallest absolute Gasteiger partial charge is 0.332 e. The predicted octanol–water partition coefficient (Wildman–Crippen LogP) is 2.99. The van der Waals surface area contributed by atoms with Crippen LogP contribution >= 0.6 is 0 Å². The molecule has 43 heavy (non-hydrogen) atoms. The number of rotatable bonds is 10. The van der Waals surface area contributed by atoms with Crippen LogP contribution in [0, 0.1) is 17.8 Å². The van der Waals surface area contributed by atoms with Crippen LogP contribution in [0.3, 0.4) is 0 Å². The topological polar surface area (TPSA) is 149 Å². The van der Waals surface area contributed by atoms with Crippen LogP contribution in [0.25, 0.3) is 0 Å². The van der Waals surface area contributed by atoms with Crippen LogP contribution in [-0.2, 0) is 39.8 Å². The van der Waals surface area contributed by atoms with E-state index in [2.05, 4.69) is 10.3 Å². The number of cyclic esters (lactones) is 1. The Morgan fingerprint density at radius 3 is 2.47 bits per heavy atom. The quantitative estimate of drug-likeness (QED) is 0.245. The maximum atomic E-state index is 13.4. The van der Waals surface area contributed by atoms with Gasteiger partial charge in [0.25, 0.3) is 5.91 Å². The summed E-state index contributed by atoms with van der Waals surface area (Å²) in [5.41, 5.74) is 0.640. The highest BCUT2D eigenvalue weighted by atomic mass is 16.7. The number of allylic oxidation sites excluding steroid dienone is 1. The average Bonchev–Trinajstić information content (AvgIpc) is 3.42. The maximum Gasteiger partial charge on any atom is 0.332 e. The van der Waals surface area contributed by atoms with E-state index < -0.39 is 61.4 Å². The second-order valence-electron chi connectivity index (χ2n) is 10.7. The SMILES string of the molecule is COc1ccnc(C(=O)N[C@H]2COC(=O)[C@H](Cc3ccccc3)[C@H]3OC(C(C)C)=C[C@@H]3OC2=O)c1OCOC(=O)C(C)C. The molecule has 0 unspecified atom stereocenters. The van der Waals surface area contributed by atoms with Crippen molar-refractivity contribution in [1.29, 1.82) is 0 Å². The van der Waals surface area contributed by atoms with Crippen molar-refractivity contribution in [2.45, 2.75) is 52.4 Å². The first-order valence-corrected chi connectivity index (χ1v) is 14.0. The summed E-state index contributed by atoms with van der Waals surface area (Å²) in [6.07, 6.45) is 1.61. The van der Waals surface area contributed by atoms with E-state index in [1.165, 1.54) is 19.4 Å². The fourth-order valence-electron chi connectivity index (χ4n) is 4.55. The normalized spacial score (nSPS) is 21.7. The first-order valence-electron chi connectivity index (χ1n) is 14.0. The number of hydrogen-bond donors (Lipinski definition) is 1. The lowest BCUT2D eigenvalue weighted by Gasteiger charge is -2.26. The summed E-state index contributed by atoms with van der Waals surface area (Å²) >= 11 is 0. The number of fused-ring (bicyclic) bond motifs is 1. The first-order chi connectivity index (χ1) is 20.6. The Morgan fingerprint density at radius 2 is 1.79 bits per heavy atom. The third-order valence-electron chi connectivity index (χ3n) is 6.90. The van der Waals surface area contributed by atoms with Gasteiger partial charge in [0, 0.05) is 18.2 Å². The summed E-state index contributed by atoms with van der Waals surface area (Å²) in [6, 6.07) is 9.47. The average molecular weight is 597 g/mol. The minimum Gasteiger partial charge on any atom is -0.493 e. The summed E-state index contributed by atoms with van der Waals surface area (Å²) in [4.78, 5) is 56.1. The molecule has 2 aliphatic heterocycles. The van der Waals surface area contributed by atoms with Gasteiger partial charge < -0.3 is 33.7 Å². The highest BCUT2D eigenvalue weighted by Crippen LogP contribution is 2.34. The molecule has 12 nitrogen and oxygen atoms in total. The minimum absolute atomic E-state index is 0.0181. The van der Waals surface area contributed by atoms with Gasteiger partial charge in [-0.15, -0.1) is 0 Å². The van der Waals surface area contributed by atoms with E-state index in [0.717, 1.165) is 5.56 Å². The van der Waals surface area contributed by atoms with E-state index in [0.29, 0.717) is 12.2 Å². The van der Waals surface area contributed by atoms with Crippen molar-refractivity contribution in [3.05, 3.63) is 65.7 Å². The highest BCUT2D eigenvalue weighted by Gasteiger charge is 2.45. The molecular formula is C31H36N2O10. The van der Waals surface area contributed by atoms with E-state index in [4.69, 9.17) is 28.4 Å². The molecule has 2 aliphatic rings. The predicted molar refractivity (Wildman–Crippen MR) is 151 cm³/mol. The standard InChI is InChI=1S/C31H36N2O10/c1-17(2)23-14-24-26(42-23)20(13-19-9-7-6-8-10-19)30(36)39-15-21(31(37)43-24)33-28(34)25-27(22(38-5)11-12-32-25)40-16-41-29(35)18(3)4/h6-12,14,17-18,20-21,24,26H,13,15-16H2,1-5H3,(H,33,34)/t20-,21+,24+,26-/m1/s1. The lowest BCUT2D eigenvalue weighted by atomic mass is 9.91. The molecule has 0 aliphatic carbocycles. The fraction of sp³-hybridized carbons (Fsp3) is 0.452. The zero-order valence-electron chi connectivity index (χ0n) is 24.7. The van der Waals surface area contributed by atoms with Gasteiger partial charge in [-0.1, -0.05) is 58.0 Å². The van der Waals surface area contributed by atoms with Gasteiger partial charge in [-0.05, 0) is 18.1 Å². The van der Waals surface area contributed by atoms with E-state index in [1.807, 2.05) is 44.2 Å². The minimum atomic E-state index is -1.37. The number of pyridine rings is 1. The Hall–Kier alpha value is -4.61. The Labute approximate surface area is 249 Å². The number of carbonyl (C=O) groups is 4. The molecular weight excluding hydrogens is 560 g/mol. The number of carbonyl (C=O) groups excluding carboxylic acids is 4. The third-order valence-corrected chi connectivity index (χ3v) is 6.90. The lowest BCUT2D eigenvalue weighted by Crippen LogP contribution is -2.46. The number of methoxy groups -OCH3 is 1. The molecule has 1 saturated heterocycles. The van der Waals surface area contributed by atoms with E-state index in [9.17, 15) is 19.2 Å². The summed E-state index contributed by atoms with van der Waals surface area (Å²) in [7, 11) is 1.37. The Kier molecular flexibility index (Phi) is 10.2. The summed E-state index contributed by atoms with van der Waals surface area (Å²) in [5.74, 6) is -3.31. The lowest BCUT2D eigenvalue weighted by molar-refractivity contribution is -0.155. The van der Waals surface area contributed by atoms with Crippen molar-refractivity contribution in [1.82, 2.24) is 10.3 Å². The first kappa shape index (κ1) is 31.3. The van der Waals surface area contributed by atoms with Crippen LogP contribution in [0.1, 0.15) is 43.7 Å². The van der Waals surface area contributed by atoms with Crippen molar-refractivity contribution in [3.63, 3.8) is 0 Å². The van der Waals surface area contributed by atoms with Crippen molar-refractivity contribution in [2.24, 2.45) is 17.8 Å². The molecule has 0 saturated carbocycles. The monoisotopic (exact) mass is 596 g/mol. The van der Waals surface area contributed by atoms with Crippen LogP contribution in [0.2, 0.25) is 0 Å². The maximum absolute atomic E-state index is 13.4. The molecule has 3 heterocycles. The van der Waals surface area contributed by atoms with E-state index >= 15 is 0 Å². The summed E-state index contributed by atoms with van der Waals surface area (Å²) in [6.45, 7) is 6.20. The second-order valence-corrected chi connectivity index (χ2v) is 10.7. The second kappa shape index (κ2) is 14.0. The number of amides is 1. The van der Waals surface area contributed by atoms with Crippen molar-refractivity contribution >= 4 is 23.8 Å². The molecule has 0 spiro atoms. The van der Waals surface area contributed by atoms with Crippen LogP contribution in [0.15, 0.2) is 54.4 Å². The number of aromatic nitrogens is 1. The van der Waals surface area contributed by atoms with Crippen molar-refractivity contribution in [3.8, 4) is 11.5 Å². The number of benzene rings is 1. The molecule has 1 N–H and O–H groups in total. The van der Waals surface area contributed by atoms with Gasteiger partial charge in [0.05, 0.1) is 18.8 Å². The van der Waals surface area contributed by atoms with E-state index in [-0.39, 0.29) is 29.0 Å². The Balaban J connectivity index is 1.56. The highest BCUT2D eigenvalue weighted by molar-refractivity contribution is 5.98. The number of nitrogens with one attached hydrogen (secondary N) is 1. The summed E-state index contributed by atoms with van der Waals surface area (Å²) in [5, 5.41) is 2.53. The van der Waals surface area contributed by atoms with Crippen LogP contribution < -0.4 is 14.8 Å². The van der Waals surface area contributed by atoms with Crippen molar-refractivity contribution < 1.29 is 47.6 Å². The number of hydrogen-bond acceptors (Lipinski definition) is 11. The number of nitrogens with zero attached hydrogens (tertiary/aromatic N) is 1. The number of esters is 3. The zero-order valence-corrected chi connectivity index (χ0v) is 24.7. The zero-order chi connectivity index (χ0) is 31.1. The molecule has 4 rings (SSSR count). The van der Waals surface area contributed by atoms with Crippen LogP contribution in [-0.4, -0.2) is 67.6 Å².